The molecule has 0 aliphatic carbocycles. The molecule has 0 atom stereocenters. The number of rotatable bonds is 8. The van der Waals surface area contributed by atoms with Gasteiger partial charge >= 0.3 is 0 Å². The van der Waals surface area contributed by atoms with Crippen molar-refractivity contribution in [1.82, 2.24) is 4.90 Å². The van der Waals surface area contributed by atoms with Gasteiger partial charge in [0.2, 0.25) is 5.91 Å². The molecule has 34 heavy (non-hydrogen) atoms. The zero-order valence-electron chi connectivity index (χ0n) is 18.7. The van der Waals surface area contributed by atoms with Crippen LogP contribution in [0.1, 0.15) is 28.8 Å². The SMILES string of the molecule is COc1ccc(NS(=O)(=O)c2ccc(NC(=O)c3ccc(CN4CCCC4=O)cc3)cc2)cc1. The number of nitrogens with one attached hydrogen (secondary N) is 2. The van der Waals surface area contributed by atoms with Gasteiger partial charge in [-0.3, -0.25) is 14.3 Å². The predicted molar refractivity (Wildman–Crippen MR) is 129 cm³/mol. The van der Waals surface area contributed by atoms with Crippen molar-refractivity contribution < 1.29 is 22.7 Å². The second-order valence-electron chi connectivity index (χ2n) is 7.93. The van der Waals surface area contributed by atoms with Crippen molar-refractivity contribution in [1.29, 1.82) is 0 Å². The molecule has 0 spiro atoms. The second kappa shape index (κ2) is 9.96. The van der Waals surface area contributed by atoms with E-state index in [4.69, 9.17) is 4.74 Å². The highest BCUT2D eigenvalue weighted by Crippen LogP contribution is 2.21. The Bertz CT molecular complexity index is 1270. The first-order valence-electron chi connectivity index (χ1n) is 10.8. The molecule has 0 bridgehead atoms. The summed E-state index contributed by atoms with van der Waals surface area (Å²) in [6.45, 7) is 1.31. The van der Waals surface area contributed by atoms with E-state index in [0.717, 1.165) is 18.5 Å². The first kappa shape index (κ1) is 23.3. The number of nitrogens with zero attached hydrogens (tertiary/aromatic N) is 1. The standard InChI is InChI=1S/C25H25N3O5S/c1-33-22-12-8-21(9-13-22)27-34(31,32)23-14-10-20(11-15-23)26-25(30)19-6-4-18(5-7-19)17-28-16-2-3-24(28)29/h4-15,27H,2-3,16-17H2,1H3,(H,26,30). The number of amides is 2. The van der Waals surface area contributed by atoms with E-state index < -0.39 is 10.0 Å². The number of likely N-dealkylation sites (tertiary alicyclic amines) is 1. The summed E-state index contributed by atoms with van der Waals surface area (Å²) in [6.07, 6.45) is 1.48. The van der Waals surface area contributed by atoms with Crippen LogP contribution in [-0.2, 0) is 21.4 Å². The highest BCUT2D eigenvalue weighted by Gasteiger charge is 2.20. The highest BCUT2D eigenvalue weighted by molar-refractivity contribution is 7.92. The van der Waals surface area contributed by atoms with Crippen molar-refractivity contribution in [3.63, 3.8) is 0 Å². The molecule has 0 aromatic heterocycles. The molecule has 0 unspecified atom stereocenters. The van der Waals surface area contributed by atoms with Gasteiger partial charge in [-0.1, -0.05) is 12.1 Å². The Hall–Kier alpha value is -3.85. The molecule has 9 heteroatoms. The van der Waals surface area contributed by atoms with Crippen LogP contribution in [-0.4, -0.2) is 38.8 Å². The number of anilines is 2. The molecule has 1 aliphatic rings. The zero-order valence-corrected chi connectivity index (χ0v) is 19.5. The fourth-order valence-electron chi connectivity index (χ4n) is 3.65. The first-order chi connectivity index (χ1) is 16.3. The predicted octanol–water partition coefficient (Wildman–Crippen LogP) is 3.87. The lowest BCUT2D eigenvalue weighted by Gasteiger charge is -2.15. The quantitative estimate of drug-likeness (QED) is 0.510. The summed E-state index contributed by atoms with van der Waals surface area (Å²) in [7, 11) is -2.25. The zero-order chi connectivity index (χ0) is 24.1. The number of hydrogen-bond acceptors (Lipinski definition) is 5. The Morgan fingerprint density at radius 2 is 1.59 bits per heavy atom. The third kappa shape index (κ3) is 5.55. The number of methoxy groups -OCH3 is 1. The minimum absolute atomic E-state index is 0.0714. The fourth-order valence-corrected chi connectivity index (χ4v) is 4.71. The van der Waals surface area contributed by atoms with Gasteiger partial charge < -0.3 is 15.0 Å². The molecular weight excluding hydrogens is 454 g/mol. The molecule has 2 amide bonds. The summed E-state index contributed by atoms with van der Waals surface area (Å²) in [6, 6.07) is 19.6. The molecule has 8 nitrogen and oxygen atoms in total. The van der Waals surface area contributed by atoms with E-state index in [2.05, 4.69) is 10.0 Å². The average molecular weight is 480 g/mol. The van der Waals surface area contributed by atoms with Crippen LogP contribution in [0.3, 0.4) is 0 Å². The summed E-state index contributed by atoms with van der Waals surface area (Å²) < 4.78 is 32.8. The van der Waals surface area contributed by atoms with Crippen LogP contribution in [0.25, 0.3) is 0 Å². The van der Waals surface area contributed by atoms with E-state index in [1.165, 1.54) is 31.4 Å². The number of hydrogen-bond donors (Lipinski definition) is 2. The van der Waals surface area contributed by atoms with Crippen LogP contribution in [0, 0.1) is 0 Å². The lowest BCUT2D eigenvalue weighted by atomic mass is 10.1. The molecule has 176 valence electrons. The molecule has 2 N–H and O–H groups in total. The first-order valence-corrected chi connectivity index (χ1v) is 12.3. The third-order valence-electron chi connectivity index (χ3n) is 5.53. The average Bonchev–Trinajstić information content (AvgIpc) is 3.24. The molecule has 3 aromatic carbocycles. The van der Waals surface area contributed by atoms with Gasteiger partial charge in [0, 0.05) is 36.4 Å². The maximum Gasteiger partial charge on any atom is 0.261 e. The molecule has 1 fully saturated rings. The summed E-state index contributed by atoms with van der Waals surface area (Å²) in [5.74, 6) is 0.474. The summed E-state index contributed by atoms with van der Waals surface area (Å²) in [5, 5.41) is 2.77. The number of sulfonamides is 1. The Morgan fingerprint density at radius 1 is 0.941 bits per heavy atom. The van der Waals surface area contributed by atoms with Crippen LogP contribution in [0.15, 0.2) is 77.7 Å². The normalized spacial score (nSPS) is 13.6. The molecule has 1 heterocycles. The second-order valence-corrected chi connectivity index (χ2v) is 9.61. The van der Waals surface area contributed by atoms with Gasteiger partial charge in [-0.15, -0.1) is 0 Å². The lowest BCUT2D eigenvalue weighted by molar-refractivity contribution is -0.128. The molecule has 3 aromatic rings. The van der Waals surface area contributed by atoms with E-state index in [1.54, 1.807) is 36.4 Å². The van der Waals surface area contributed by atoms with E-state index in [0.29, 0.717) is 35.7 Å². The molecular formula is C25H25N3O5S. The van der Waals surface area contributed by atoms with Crippen molar-refractivity contribution in [2.45, 2.75) is 24.3 Å². The Kier molecular flexibility index (Phi) is 6.83. The minimum Gasteiger partial charge on any atom is -0.497 e. The van der Waals surface area contributed by atoms with Gasteiger partial charge in [-0.2, -0.15) is 0 Å². The minimum atomic E-state index is -3.78. The van der Waals surface area contributed by atoms with Crippen molar-refractivity contribution in [2.24, 2.45) is 0 Å². The third-order valence-corrected chi connectivity index (χ3v) is 6.92. The largest absolute Gasteiger partial charge is 0.497 e. The van der Waals surface area contributed by atoms with E-state index in [9.17, 15) is 18.0 Å². The Morgan fingerprint density at radius 3 is 2.18 bits per heavy atom. The van der Waals surface area contributed by atoms with Crippen molar-refractivity contribution in [3.05, 3.63) is 83.9 Å². The number of carbonyl (C=O) groups excluding carboxylic acids is 2. The van der Waals surface area contributed by atoms with Gasteiger partial charge in [0.25, 0.3) is 15.9 Å². The van der Waals surface area contributed by atoms with E-state index in [-0.39, 0.29) is 16.7 Å². The van der Waals surface area contributed by atoms with Crippen molar-refractivity contribution >= 4 is 33.2 Å². The van der Waals surface area contributed by atoms with Crippen LogP contribution in [0.4, 0.5) is 11.4 Å². The Balaban J connectivity index is 1.36. The van der Waals surface area contributed by atoms with Crippen LogP contribution in [0.5, 0.6) is 5.75 Å². The molecule has 1 aliphatic heterocycles. The monoisotopic (exact) mass is 479 g/mol. The van der Waals surface area contributed by atoms with Gasteiger partial charge in [0.1, 0.15) is 5.75 Å². The number of carbonyl (C=O) groups is 2. The van der Waals surface area contributed by atoms with E-state index in [1.807, 2.05) is 17.0 Å². The van der Waals surface area contributed by atoms with E-state index >= 15 is 0 Å². The molecule has 4 rings (SSSR count). The summed E-state index contributed by atoms with van der Waals surface area (Å²) >= 11 is 0. The summed E-state index contributed by atoms with van der Waals surface area (Å²) in [5.41, 5.74) is 2.32. The highest BCUT2D eigenvalue weighted by atomic mass is 32.2. The molecule has 0 saturated carbocycles. The number of ether oxygens (including phenoxy) is 1. The smallest absolute Gasteiger partial charge is 0.261 e. The van der Waals surface area contributed by atoms with Crippen LogP contribution >= 0.6 is 0 Å². The van der Waals surface area contributed by atoms with Crippen LogP contribution < -0.4 is 14.8 Å². The van der Waals surface area contributed by atoms with Crippen molar-refractivity contribution in [3.8, 4) is 5.75 Å². The van der Waals surface area contributed by atoms with Crippen LogP contribution in [0.2, 0.25) is 0 Å². The van der Waals surface area contributed by atoms with Gasteiger partial charge in [0.05, 0.1) is 12.0 Å². The fraction of sp³-hybridized carbons (Fsp3) is 0.200. The van der Waals surface area contributed by atoms with Gasteiger partial charge in [0.15, 0.2) is 0 Å². The molecule has 0 radical (unpaired) electrons. The van der Waals surface area contributed by atoms with Gasteiger partial charge in [-0.05, 0) is 72.6 Å². The maximum absolute atomic E-state index is 12.6. The maximum atomic E-state index is 12.6. The topological polar surface area (TPSA) is 105 Å². The van der Waals surface area contributed by atoms with Gasteiger partial charge in [-0.25, -0.2) is 8.42 Å². The molecule has 1 saturated heterocycles. The Labute approximate surface area is 198 Å². The lowest BCUT2D eigenvalue weighted by Crippen LogP contribution is -2.23. The number of benzene rings is 3. The van der Waals surface area contributed by atoms with Crippen molar-refractivity contribution in [2.75, 3.05) is 23.7 Å². The summed E-state index contributed by atoms with van der Waals surface area (Å²) in [4.78, 5) is 26.2.